The minimum absolute atomic E-state index is 0.483. The van der Waals surface area contributed by atoms with E-state index < -0.39 is 12.7 Å². The van der Waals surface area contributed by atoms with E-state index in [1.165, 1.54) is 17.7 Å². The molecule has 2 rings (SSSR count). The highest BCUT2D eigenvalue weighted by atomic mass is 19.4. The third-order valence-corrected chi connectivity index (χ3v) is 4.73. The number of piperazine rings is 1. The normalized spacial score (nSPS) is 34.4. The van der Waals surface area contributed by atoms with Gasteiger partial charge in [0.2, 0.25) is 0 Å². The van der Waals surface area contributed by atoms with Crippen LogP contribution in [0.25, 0.3) is 0 Å². The van der Waals surface area contributed by atoms with Crippen LogP contribution in [-0.2, 0) is 0 Å². The predicted octanol–water partition coefficient (Wildman–Crippen LogP) is 1.94. The Kier molecular flexibility index (Phi) is 5.31. The molecule has 0 bridgehead atoms. The Morgan fingerprint density at radius 1 is 1.10 bits per heavy atom. The summed E-state index contributed by atoms with van der Waals surface area (Å²) in [6, 6.07) is 0.970. The molecule has 118 valence electrons. The first kappa shape index (κ1) is 16.0. The number of hydrogen-bond acceptors (Lipinski definition) is 3. The average molecular weight is 293 g/mol. The van der Waals surface area contributed by atoms with Crippen molar-refractivity contribution in [1.82, 2.24) is 15.1 Å². The average Bonchev–Trinajstić information content (AvgIpc) is 2.38. The van der Waals surface area contributed by atoms with Crippen LogP contribution in [0.2, 0.25) is 0 Å². The van der Waals surface area contributed by atoms with Gasteiger partial charge >= 0.3 is 6.18 Å². The van der Waals surface area contributed by atoms with Gasteiger partial charge in [0.1, 0.15) is 0 Å². The number of rotatable bonds is 3. The molecule has 3 unspecified atom stereocenters. The third-order valence-electron chi connectivity index (χ3n) is 4.73. The summed E-state index contributed by atoms with van der Waals surface area (Å²) in [6.07, 6.45) is -0.499. The third kappa shape index (κ3) is 4.33. The highest BCUT2D eigenvalue weighted by Crippen LogP contribution is 2.28. The molecule has 1 saturated carbocycles. The Morgan fingerprint density at radius 2 is 1.75 bits per heavy atom. The van der Waals surface area contributed by atoms with E-state index in [-0.39, 0.29) is 0 Å². The lowest BCUT2D eigenvalue weighted by atomic mass is 9.82. The Labute approximate surface area is 119 Å². The molecule has 0 amide bonds. The van der Waals surface area contributed by atoms with E-state index in [9.17, 15) is 13.2 Å². The fraction of sp³-hybridized carbons (Fsp3) is 1.00. The van der Waals surface area contributed by atoms with E-state index in [0.717, 1.165) is 25.4 Å². The van der Waals surface area contributed by atoms with E-state index in [4.69, 9.17) is 0 Å². The standard InChI is InChI=1S/C14H26F3N3/c1-11-3-4-12(18-2)13(9-11)20-7-5-19(6-8-20)10-14(15,16)17/h11-13,18H,3-10H2,1-2H3. The summed E-state index contributed by atoms with van der Waals surface area (Å²) in [6.45, 7) is 4.08. The van der Waals surface area contributed by atoms with Crippen molar-refractivity contribution in [2.24, 2.45) is 5.92 Å². The van der Waals surface area contributed by atoms with E-state index in [2.05, 4.69) is 17.1 Å². The van der Waals surface area contributed by atoms with Crippen LogP contribution in [0.1, 0.15) is 26.2 Å². The summed E-state index contributed by atoms with van der Waals surface area (Å²) < 4.78 is 37.2. The van der Waals surface area contributed by atoms with E-state index in [1.54, 1.807) is 0 Å². The molecular weight excluding hydrogens is 267 g/mol. The predicted molar refractivity (Wildman–Crippen MR) is 73.7 cm³/mol. The van der Waals surface area contributed by atoms with Crippen LogP contribution in [0.15, 0.2) is 0 Å². The summed E-state index contributed by atoms with van der Waals surface area (Å²) in [7, 11) is 1.99. The minimum atomic E-state index is -4.07. The molecule has 1 aliphatic heterocycles. The first-order valence-electron chi connectivity index (χ1n) is 7.59. The van der Waals surface area contributed by atoms with Crippen molar-refractivity contribution in [2.75, 3.05) is 39.8 Å². The zero-order valence-electron chi connectivity index (χ0n) is 12.4. The Morgan fingerprint density at radius 3 is 2.30 bits per heavy atom. The highest BCUT2D eigenvalue weighted by Gasteiger charge is 2.36. The Hall–Kier alpha value is -0.330. The SMILES string of the molecule is CNC1CCC(C)CC1N1CCN(CC(F)(F)F)CC1. The zero-order valence-corrected chi connectivity index (χ0v) is 12.4. The summed E-state index contributed by atoms with van der Waals surface area (Å²) in [5, 5.41) is 3.39. The number of nitrogens with zero attached hydrogens (tertiary/aromatic N) is 2. The molecule has 20 heavy (non-hydrogen) atoms. The van der Waals surface area contributed by atoms with Crippen LogP contribution in [0, 0.1) is 5.92 Å². The summed E-state index contributed by atoms with van der Waals surface area (Å²) in [5.74, 6) is 0.720. The minimum Gasteiger partial charge on any atom is -0.315 e. The fourth-order valence-corrected chi connectivity index (χ4v) is 3.60. The molecule has 2 fully saturated rings. The molecule has 1 heterocycles. The first-order chi connectivity index (χ1) is 9.39. The molecule has 0 aromatic rings. The van der Waals surface area contributed by atoms with Crippen LogP contribution in [-0.4, -0.2) is 67.8 Å². The monoisotopic (exact) mass is 293 g/mol. The largest absolute Gasteiger partial charge is 0.401 e. The fourth-order valence-electron chi connectivity index (χ4n) is 3.60. The van der Waals surface area contributed by atoms with E-state index in [1.807, 2.05) is 7.05 Å². The highest BCUT2D eigenvalue weighted by molar-refractivity contribution is 4.91. The molecule has 6 heteroatoms. The Bertz CT molecular complexity index is 301. The molecule has 1 N–H and O–H groups in total. The van der Waals surface area contributed by atoms with Gasteiger partial charge in [-0.05, 0) is 32.2 Å². The number of likely N-dealkylation sites (N-methyl/N-ethyl adjacent to an activating group) is 1. The van der Waals surface area contributed by atoms with Crippen molar-refractivity contribution in [3.05, 3.63) is 0 Å². The Balaban J connectivity index is 1.85. The van der Waals surface area contributed by atoms with E-state index in [0.29, 0.717) is 25.2 Å². The second-order valence-corrected chi connectivity index (χ2v) is 6.31. The van der Waals surface area contributed by atoms with Crippen molar-refractivity contribution in [2.45, 2.75) is 44.4 Å². The lowest BCUT2D eigenvalue weighted by Gasteiger charge is -2.45. The van der Waals surface area contributed by atoms with Crippen molar-refractivity contribution in [1.29, 1.82) is 0 Å². The molecule has 2 aliphatic rings. The lowest BCUT2D eigenvalue weighted by molar-refractivity contribution is -0.150. The van der Waals surface area contributed by atoms with Gasteiger partial charge in [-0.1, -0.05) is 6.92 Å². The van der Waals surface area contributed by atoms with Gasteiger partial charge < -0.3 is 5.32 Å². The van der Waals surface area contributed by atoms with Gasteiger partial charge in [-0.25, -0.2) is 0 Å². The maximum absolute atomic E-state index is 12.4. The lowest BCUT2D eigenvalue weighted by Crippen LogP contribution is -2.58. The maximum atomic E-state index is 12.4. The van der Waals surface area contributed by atoms with Gasteiger partial charge in [-0.15, -0.1) is 0 Å². The first-order valence-corrected chi connectivity index (χ1v) is 7.59. The van der Waals surface area contributed by atoms with Gasteiger partial charge in [0.25, 0.3) is 0 Å². The molecule has 3 nitrogen and oxygen atoms in total. The molecule has 0 radical (unpaired) electrons. The van der Waals surface area contributed by atoms with Gasteiger partial charge in [0, 0.05) is 38.3 Å². The molecule has 0 aromatic carbocycles. The van der Waals surface area contributed by atoms with Gasteiger partial charge in [-0.2, -0.15) is 13.2 Å². The molecule has 1 aliphatic carbocycles. The van der Waals surface area contributed by atoms with Crippen molar-refractivity contribution < 1.29 is 13.2 Å². The quantitative estimate of drug-likeness (QED) is 0.858. The van der Waals surface area contributed by atoms with Crippen LogP contribution in [0.5, 0.6) is 0 Å². The topological polar surface area (TPSA) is 18.5 Å². The van der Waals surface area contributed by atoms with Crippen molar-refractivity contribution in [3.63, 3.8) is 0 Å². The number of halogens is 3. The summed E-state index contributed by atoms with van der Waals surface area (Å²) >= 11 is 0. The number of nitrogens with one attached hydrogen (secondary N) is 1. The van der Waals surface area contributed by atoms with Crippen LogP contribution < -0.4 is 5.32 Å². The number of hydrogen-bond donors (Lipinski definition) is 1. The van der Waals surface area contributed by atoms with Crippen molar-refractivity contribution in [3.8, 4) is 0 Å². The molecule has 0 spiro atoms. The zero-order chi connectivity index (χ0) is 14.8. The van der Waals surface area contributed by atoms with E-state index >= 15 is 0 Å². The second-order valence-electron chi connectivity index (χ2n) is 6.31. The molecule has 3 atom stereocenters. The van der Waals surface area contributed by atoms with Gasteiger partial charge in [0.15, 0.2) is 0 Å². The van der Waals surface area contributed by atoms with Crippen LogP contribution in [0.4, 0.5) is 13.2 Å². The van der Waals surface area contributed by atoms with Crippen molar-refractivity contribution >= 4 is 0 Å². The maximum Gasteiger partial charge on any atom is 0.401 e. The summed E-state index contributed by atoms with van der Waals surface area (Å²) in [5.41, 5.74) is 0. The van der Waals surface area contributed by atoms with Crippen LogP contribution in [0.3, 0.4) is 0 Å². The molecule has 0 aromatic heterocycles. The molecular formula is C14H26F3N3. The summed E-state index contributed by atoms with van der Waals surface area (Å²) in [4.78, 5) is 3.92. The van der Waals surface area contributed by atoms with Gasteiger partial charge in [0.05, 0.1) is 6.54 Å². The van der Waals surface area contributed by atoms with Crippen LogP contribution >= 0.6 is 0 Å². The smallest absolute Gasteiger partial charge is 0.315 e. The second kappa shape index (κ2) is 6.62. The number of alkyl halides is 3. The molecule has 1 saturated heterocycles. The van der Waals surface area contributed by atoms with Gasteiger partial charge in [-0.3, -0.25) is 9.80 Å².